The van der Waals surface area contributed by atoms with Crippen LogP contribution in [0.25, 0.3) is 0 Å². The zero-order chi connectivity index (χ0) is 25.0. The second kappa shape index (κ2) is 20.5. The number of carbonyl (C=O) groups excluding carboxylic acids is 1. The van der Waals surface area contributed by atoms with Crippen molar-refractivity contribution in [2.24, 2.45) is 5.92 Å². The van der Waals surface area contributed by atoms with Crippen molar-refractivity contribution in [2.75, 3.05) is 61.2 Å². The summed E-state index contributed by atoms with van der Waals surface area (Å²) in [6.07, 6.45) is 11.1. The summed E-state index contributed by atoms with van der Waals surface area (Å²) in [6, 6.07) is -0.139. The zero-order valence-electron chi connectivity index (χ0n) is 22.9. The molecule has 0 aliphatic rings. The van der Waals surface area contributed by atoms with Gasteiger partial charge in [-0.25, -0.2) is 4.79 Å². The van der Waals surface area contributed by atoms with Crippen LogP contribution in [0.15, 0.2) is 0 Å². The highest BCUT2D eigenvalue weighted by Gasteiger charge is 2.24. The van der Waals surface area contributed by atoms with Crippen molar-refractivity contribution < 1.29 is 23.5 Å². The fourth-order valence-electron chi connectivity index (χ4n) is 3.64. The van der Waals surface area contributed by atoms with E-state index in [-0.39, 0.29) is 18.4 Å². The molecular weight excluding hydrogens is 418 g/mol. The number of likely N-dealkylation sites (N-methyl/N-ethyl adjacent to an activating group) is 1. The van der Waals surface area contributed by atoms with Crippen molar-refractivity contribution >= 4 is 6.03 Å². The average molecular weight is 475 g/mol. The van der Waals surface area contributed by atoms with Crippen LogP contribution in [0.4, 0.5) is 4.79 Å². The summed E-state index contributed by atoms with van der Waals surface area (Å²) in [5.74, 6) is 0.442. The van der Waals surface area contributed by atoms with Gasteiger partial charge in [0.2, 0.25) is 0 Å². The molecule has 0 aliphatic heterocycles. The summed E-state index contributed by atoms with van der Waals surface area (Å²) in [5, 5.41) is 6.13. The topological polar surface area (TPSA) is 68.8 Å². The highest BCUT2D eigenvalue weighted by molar-refractivity contribution is 5.74. The highest BCUT2D eigenvalue weighted by Crippen LogP contribution is 2.10. The van der Waals surface area contributed by atoms with Gasteiger partial charge in [0, 0.05) is 33.3 Å². The van der Waals surface area contributed by atoms with Crippen molar-refractivity contribution in [3.05, 3.63) is 0 Å². The Morgan fingerprint density at radius 3 is 2.06 bits per heavy atom. The van der Waals surface area contributed by atoms with Gasteiger partial charge in [0.25, 0.3) is 0 Å². The second-order valence-corrected chi connectivity index (χ2v) is 10.6. The van der Waals surface area contributed by atoms with Crippen LogP contribution in [-0.2, 0) is 14.2 Å². The molecule has 33 heavy (non-hydrogen) atoms. The number of amides is 2. The lowest BCUT2D eigenvalue weighted by atomic mass is 10.1. The lowest BCUT2D eigenvalue weighted by Gasteiger charge is -2.31. The van der Waals surface area contributed by atoms with Crippen LogP contribution in [0, 0.1) is 5.92 Å². The molecule has 0 saturated heterocycles. The molecular formula is C26H56N3O4+. The molecule has 2 N–H and O–H groups in total. The molecule has 0 fully saturated rings. The molecule has 0 rings (SSSR count). The molecule has 2 unspecified atom stereocenters. The van der Waals surface area contributed by atoms with E-state index < -0.39 is 0 Å². The van der Waals surface area contributed by atoms with Crippen LogP contribution in [0.5, 0.6) is 0 Å². The first kappa shape index (κ1) is 32.1. The monoisotopic (exact) mass is 474 g/mol. The fraction of sp³-hybridized carbons (Fsp3) is 0.962. The Kier molecular flexibility index (Phi) is 19.9. The quantitative estimate of drug-likeness (QED) is 0.132. The van der Waals surface area contributed by atoms with E-state index in [1.807, 2.05) is 0 Å². The minimum atomic E-state index is -0.317. The van der Waals surface area contributed by atoms with Gasteiger partial charge in [0.1, 0.15) is 0 Å². The van der Waals surface area contributed by atoms with Gasteiger partial charge < -0.3 is 29.3 Å². The van der Waals surface area contributed by atoms with Gasteiger partial charge in [-0.05, 0) is 25.2 Å². The summed E-state index contributed by atoms with van der Waals surface area (Å²) in [4.78, 5) is 12.4. The molecule has 0 saturated carbocycles. The van der Waals surface area contributed by atoms with Gasteiger partial charge >= 0.3 is 6.03 Å². The van der Waals surface area contributed by atoms with Crippen LogP contribution in [-0.4, -0.2) is 84.0 Å². The third-order valence-electron chi connectivity index (χ3n) is 5.35. The highest BCUT2D eigenvalue weighted by atomic mass is 16.7. The summed E-state index contributed by atoms with van der Waals surface area (Å²) < 4.78 is 17.8. The van der Waals surface area contributed by atoms with Crippen molar-refractivity contribution in [2.45, 2.75) is 97.3 Å². The average Bonchev–Trinajstić information content (AvgIpc) is 2.73. The number of nitrogens with zero attached hydrogens (tertiary/aromatic N) is 1. The molecule has 0 heterocycles. The van der Waals surface area contributed by atoms with Crippen LogP contribution in [0.2, 0.25) is 0 Å². The number of ether oxygens (including phenoxy) is 3. The number of hydrogen-bond donors (Lipinski definition) is 2. The zero-order valence-corrected chi connectivity index (χ0v) is 22.9. The number of methoxy groups -OCH3 is 1. The number of carbonyl (C=O) groups is 1. The predicted octanol–water partition coefficient (Wildman–Crippen LogP) is 4.94. The summed E-state index contributed by atoms with van der Waals surface area (Å²) in [6.45, 7) is 10.4. The Bertz CT molecular complexity index is 455. The van der Waals surface area contributed by atoms with Gasteiger partial charge in [-0.2, -0.15) is 0 Å². The molecule has 0 aromatic carbocycles. The first-order chi connectivity index (χ1) is 15.7. The molecule has 0 aromatic heterocycles. The van der Waals surface area contributed by atoms with E-state index in [1.54, 1.807) is 7.11 Å². The third kappa shape index (κ3) is 22.7. The van der Waals surface area contributed by atoms with Crippen LogP contribution >= 0.6 is 0 Å². The lowest BCUT2D eigenvalue weighted by molar-refractivity contribution is -0.871. The molecule has 198 valence electrons. The SMILES string of the molecule is CCCCCCCOCCCCCCNC(=O)NC(CC(OC)OCC(C)C)C[N+](C)(C)C. The van der Waals surface area contributed by atoms with Crippen LogP contribution < -0.4 is 10.6 Å². The lowest BCUT2D eigenvalue weighted by Crippen LogP contribution is -2.52. The minimum Gasteiger partial charge on any atom is -0.381 e. The molecule has 7 nitrogen and oxygen atoms in total. The van der Waals surface area contributed by atoms with Gasteiger partial charge in [0.15, 0.2) is 6.29 Å². The predicted molar refractivity (Wildman–Crippen MR) is 137 cm³/mol. The number of quaternary nitrogens is 1. The van der Waals surface area contributed by atoms with E-state index >= 15 is 0 Å². The fourth-order valence-corrected chi connectivity index (χ4v) is 3.64. The molecule has 0 bridgehead atoms. The Hall–Kier alpha value is -0.890. The van der Waals surface area contributed by atoms with Crippen molar-refractivity contribution in [3.63, 3.8) is 0 Å². The number of urea groups is 1. The summed E-state index contributed by atoms with van der Waals surface area (Å²) >= 11 is 0. The van der Waals surface area contributed by atoms with Crippen LogP contribution in [0.3, 0.4) is 0 Å². The standard InChI is InChI=1S/C26H55N3O4/c1-8-9-10-12-15-18-32-19-16-13-11-14-17-27-26(30)28-24(21-29(4,5)6)20-25(31-7)33-22-23(2)3/h23-25H,8-22H2,1-7H3,(H-,27,28,30)/p+1. The van der Waals surface area contributed by atoms with E-state index in [9.17, 15) is 4.79 Å². The molecule has 0 spiro atoms. The molecule has 2 amide bonds. The van der Waals surface area contributed by atoms with Crippen molar-refractivity contribution in [1.29, 1.82) is 0 Å². The maximum Gasteiger partial charge on any atom is 0.315 e. The Labute approximate surface area is 204 Å². The van der Waals surface area contributed by atoms with E-state index in [2.05, 4.69) is 52.5 Å². The van der Waals surface area contributed by atoms with Gasteiger partial charge in [0.05, 0.1) is 40.3 Å². The maximum absolute atomic E-state index is 12.4. The molecule has 0 radical (unpaired) electrons. The van der Waals surface area contributed by atoms with Crippen molar-refractivity contribution in [3.8, 4) is 0 Å². The van der Waals surface area contributed by atoms with E-state index in [4.69, 9.17) is 14.2 Å². The molecule has 0 aliphatic carbocycles. The first-order valence-electron chi connectivity index (χ1n) is 13.2. The van der Waals surface area contributed by atoms with E-state index in [0.29, 0.717) is 25.5 Å². The number of nitrogens with one attached hydrogen (secondary N) is 2. The second-order valence-electron chi connectivity index (χ2n) is 10.6. The molecule has 7 heteroatoms. The van der Waals surface area contributed by atoms with Gasteiger partial charge in [-0.1, -0.05) is 59.3 Å². The van der Waals surface area contributed by atoms with Gasteiger partial charge in [-0.3, -0.25) is 0 Å². The first-order valence-corrected chi connectivity index (χ1v) is 13.2. The van der Waals surface area contributed by atoms with Crippen molar-refractivity contribution in [1.82, 2.24) is 10.6 Å². The molecule has 2 atom stereocenters. The Balaban J connectivity index is 4.00. The van der Waals surface area contributed by atoms with E-state index in [1.165, 1.54) is 32.1 Å². The Morgan fingerprint density at radius 1 is 0.909 bits per heavy atom. The normalized spacial score (nSPS) is 13.8. The van der Waals surface area contributed by atoms with Gasteiger partial charge in [-0.15, -0.1) is 0 Å². The largest absolute Gasteiger partial charge is 0.381 e. The van der Waals surface area contributed by atoms with E-state index in [0.717, 1.165) is 49.9 Å². The smallest absolute Gasteiger partial charge is 0.315 e. The number of hydrogen-bond acceptors (Lipinski definition) is 4. The summed E-state index contributed by atoms with van der Waals surface area (Å²) in [5.41, 5.74) is 0. The molecule has 0 aromatic rings. The van der Waals surface area contributed by atoms with Crippen LogP contribution in [0.1, 0.15) is 85.0 Å². The number of unbranched alkanes of at least 4 members (excludes halogenated alkanes) is 7. The summed E-state index contributed by atoms with van der Waals surface area (Å²) in [7, 11) is 8.03. The minimum absolute atomic E-state index is 0.0266. The maximum atomic E-state index is 12.4. The Morgan fingerprint density at radius 2 is 1.52 bits per heavy atom. The number of rotatable bonds is 22. The third-order valence-corrected chi connectivity index (χ3v) is 5.35.